The predicted molar refractivity (Wildman–Crippen MR) is 81.6 cm³/mol. The molecule has 1 aromatic rings. The Morgan fingerprint density at radius 3 is 2.45 bits per heavy atom. The number of carboxylic acid groups (broad SMARTS) is 1. The maximum absolute atomic E-state index is 12.0. The Morgan fingerprint density at radius 2 is 1.95 bits per heavy atom. The molecule has 0 bridgehead atoms. The van der Waals surface area contributed by atoms with E-state index in [4.69, 9.17) is 5.11 Å². The predicted octanol–water partition coefficient (Wildman–Crippen LogP) is 2.16. The first-order valence-corrected chi connectivity index (χ1v) is 8.94. The molecule has 120 valence electrons. The number of rotatable bonds is 6. The summed E-state index contributed by atoms with van der Waals surface area (Å²) in [5.74, 6) is -0.617. The van der Waals surface area contributed by atoms with E-state index in [1.54, 1.807) is 0 Å². The number of hydrogen-bond donors (Lipinski definition) is 2. The molecule has 2 rings (SSSR count). The van der Waals surface area contributed by atoms with Gasteiger partial charge in [-0.15, -0.1) is 0 Å². The van der Waals surface area contributed by atoms with E-state index in [9.17, 15) is 18.0 Å². The smallest absolute Gasteiger partial charge is 0.335 e. The fraction of sp³-hybridized carbons (Fsp3) is 0.467. The summed E-state index contributed by atoms with van der Waals surface area (Å²) in [7, 11) is -3.56. The van der Waals surface area contributed by atoms with Gasteiger partial charge in [0, 0.05) is 18.4 Å². The second-order valence-corrected chi connectivity index (χ2v) is 7.91. The zero-order valence-corrected chi connectivity index (χ0v) is 13.3. The minimum absolute atomic E-state index is 0.127. The molecule has 0 aromatic heterocycles. The number of benzene rings is 1. The highest BCUT2D eigenvalue weighted by Crippen LogP contribution is 2.38. The van der Waals surface area contributed by atoms with Gasteiger partial charge in [-0.05, 0) is 42.9 Å². The standard InChI is InChI=1S/C15H19NO5S/c1-9(10-3-4-10)5-14(17)16-12-6-11(15(18)19)7-13(8-12)22(2,20)21/h6-10H,3-5H2,1-2H3,(H,16,17)(H,18,19)/t9-/m0/s1. The van der Waals surface area contributed by atoms with Crippen molar-refractivity contribution in [2.75, 3.05) is 11.6 Å². The van der Waals surface area contributed by atoms with Gasteiger partial charge in [-0.3, -0.25) is 4.79 Å². The summed E-state index contributed by atoms with van der Waals surface area (Å²) in [6, 6.07) is 3.62. The SMILES string of the molecule is C[C@@H](CC(=O)Nc1cc(C(=O)O)cc(S(C)(=O)=O)c1)C1CC1. The molecule has 1 amide bonds. The van der Waals surface area contributed by atoms with Gasteiger partial charge in [0.25, 0.3) is 0 Å². The van der Waals surface area contributed by atoms with Crippen molar-refractivity contribution in [2.24, 2.45) is 11.8 Å². The maximum atomic E-state index is 12.0. The molecule has 22 heavy (non-hydrogen) atoms. The van der Waals surface area contributed by atoms with Gasteiger partial charge in [-0.25, -0.2) is 13.2 Å². The van der Waals surface area contributed by atoms with Gasteiger partial charge in [0.2, 0.25) is 5.91 Å². The van der Waals surface area contributed by atoms with Crippen molar-refractivity contribution >= 4 is 27.4 Å². The Bertz CT molecular complexity index is 707. The van der Waals surface area contributed by atoms with E-state index in [0.29, 0.717) is 12.3 Å². The van der Waals surface area contributed by atoms with E-state index in [-0.39, 0.29) is 28.0 Å². The Labute approximate surface area is 129 Å². The molecule has 0 radical (unpaired) electrons. The van der Waals surface area contributed by atoms with Crippen molar-refractivity contribution in [3.05, 3.63) is 23.8 Å². The molecule has 6 nitrogen and oxygen atoms in total. The zero-order chi connectivity index (χ0) is 16.5. The van der Waals surface area contributed by atoms with Crippen molar-refractivity contribution in [1.29, 1.82) is 0 Å². The average Bonchev–Trinajstić information content (AvgIpc) is 3.21. The lowest BCUT2D eigenvalue weighted by atomic mass is 10.0. The third kappa shape index (κ3) is 4.30. The van der Waals surface area contributed by atoms with Crippen LogP contribution in [0.3, 0.4) is 0 Å². The first-order valence-electron chi connectivity index (χ1n) is 7.05. The molecule has 0 unspecified atom stereocenters. The van der Waals surface area contributed by atoms with Crippen molar-refractivity contribution < 1.29 is 23.1 Å². The average molecular weight is 325 g/mol. The van der Waals surface area contributed by atoms with E-state index in [0.717, 1.165) is 25.2 Å². The van der Waals surface area contributed by atoms with Crippen LogP contribution in [0.1, 0.15) is 36.5 Å². The summed E-state index contributed by atoms with van der Waals surface area (Å²) >= 11 is 0. The lowest BCUT2D eigenvalue weighted by molar-refractivity contribution is -0.117. The highest BCUT2D eigenvalue weighted by molar-refractivity contribution is 7.90. The third-order valence-corrected chi connectivity index (χ3v) is 4.89. The van der Waals surface area contributed by atoms with Gasteiger partial charge in [-0.2, -0.15) is 0 Å². The van der Waals surface area contributed by atoms with Crippen LogP contribution in [0, 0.1) is 11.8 Å². The van der Waals surface area contributed by atoms with Crippen LogP contribution in [0.15, 0.2) is 23.1 Å². The van der Waals surface area contributed by atoms with Crippen LogP contribution < -0.4 is 5.32 Å². The number of carbonyl (C=O) groups is 2. The summed E-state index contributed by atoms with van der Waals surface area (Å²) < 4.78 is 23.2. The topological polar surface area (TPSA) is 101 Å². The van der Waals surface area contributed by atoms with E-state index in [1.807, 2.05) is 6.92 Å². The van der Waals surface area contributed by atoms with E-state index in [1.165, 1.54) is 12.1 Å². The molecule has 0 aliphatic heterocycles. The van der Waals surface area contributed by atoms with Crippen LogP contribution in [0.25, 0.3) is 0 Å². The van der Waals surface area contributed by atoms with Crippen LogP contribution in [0.2, 0.25) is 0 Å². The largest absolute Gasteiger partial charge is 0.478 e. The van der Waals surface area contributed by atoms with E-state index in [2.05, 4.69) is 5.32 Å². The summed E-state index contributed by atoms with van der Waals surface area (Å²) in [6.45, 7) is 2.01. The number of carbonyl (C=O) groups excluding carboxylic acids is 1. The molecular formula is C15H19NO5S. The van der Waals surface area contributed by atoms with Gasteiger partial charge >= 0.3 is 5.97 Å². The number of anilines is 1. The van der Waals surface area contributed by atoms with Crippen molar-refractivity contribution in [3.63, 3.8) is 0 Å². The van der Waals surface area contributed by atoms with E-state index >= 15 is 0 Å². The monoisotopic (exact) mass is 325 g/mol. The summed E-state index contributed by atoms with van der Waals surface area (Å²) in [5.41, 5.74) is 0.0155. The second kappa shape index (κ2) is 6.08. The zero-order valence-electron chi connectivity index (χ0n) is 12.5. The van der Waals surface area contributed by atoms with E-state index < -0.39 is 15.8 Å². The Hall–Kier alpha value is -1.89. The van der Waals surface area contributed by atoms with Crippen LogP contribution in [0.4, 0.5) is 5.69 Å². The molecule has 7 heteroatoms. The van der Waals surface area contributed by atoms with Crippen molar-refractivity contribution in [2.45, 2.75) is 31.1 Å². The third-order valence-electron chi connectivity index (χ3n) is 3.80. The lowest BCUT2D eigenvalue weighted by Crippen LogP contribution is -2.17. The molecule has 1 atom stereocenters. The molecule has 1 fully saturated rings. The number of amides is 1. The highest BCUT2D eigenvalue weighted by atomic mass is 32.2. The summed E-state index contributed by atoms with van der Waals surface area (Å²) in [5, 5.41) is 11.6. The molecule has 1 saturated carbocycles. The first kappa shape index (κ1) is 16.5. The molecule has 2 N–H and O–H groups in total. The first-order chi connectivity index (χ1) is 10.2. The Morgan fingerprint density at radius 1 is 1.32 bits per heavy atom. The minimum Gasteiger partial charge on any atom is -0.478 e. The van der Waals surface area contributed by atoms with Gasteiger partial charge in [-0.1, -0.05) is 6.92 Å². The minimum atomic E-state index is -3.56. The number of carboxylic acids is 1. The van der Waals surface area contributed by atoms with Gasteiger partial charge < -0.3 is 10.4 Å². The van der Waals surface area contributed by atoms with Crippen LogP contribution in [-0.4, -0.2) is 31.7 Å². The summed E-state index contributed by atoms with van der Waals surface area (Å²) in [4.78, 5) is 22.9. The Balaban J connectivity index is 2.20. The molecule has 1 aliphatic carbocycles. The quantitative estimate of drug-likeness (QED) is 0.834. The van der Waals surface area contributed by atoms with Crippen molar-refractivity contribution in [3.8, 4) is 0 Å². The van der Waals surface area contributed by atoms with Crippen molar-refractivity contribution in [1.82, 2.24) is 0 Å². The van der Waals surface area contributed by atoms with Gasteiger partial charge in [0.05, 0.1) is 10.5 Å². The number of nitrogens with one attached hydrogen (secondary N) is 1. The van der Waals surface area contributed by atoms with Crippen LogP contribution in [-0.2, 0) is 14.6 Å². The molecule has 1 aromatic carbocycles. The molecule has 0 saturated heterocycles. The fourth-order valence-corrected chi connectivity index (χ4v) is 3.03. The normalized spacial score (nSPS) is 16.1. The molecule has 1 aliphatic rings. The van der Waals surface area contributed by atoms with Gasteiger partial charge in [0.1, 0.15) is 0 Å². The number of hydrogen-bond acceptors (Lipinski definition) is 4. The van der Waals surface area contributed by atoms with Crippen LogP contribution in [0.5, 0.6) is 0 Å². The molecular weight excluding hydrogens is 306 g/mol. The number of sulfone groups is 1. The Kier molecular flexibility index (Phi) is 4.55. The molecule has 0 heterocycles. The molecule has 0 spiro atoms. The lowest BCUT2D eigenvalue weighted by Gasteiger charge is -2.12. The number of aromatic carboxylic acids is 1. The maximum Gasteiger partial charge on any atom is 0.335 e. The summed E-state index contributed by atoms with van der Waals surface area (Å²) in [6.07, 6.45) is 3.62. The second-order valence-electron chi connectivity index (χ2n) is 5.89. The fourth-order valence-electron chi connectivity index (χ4n) is 2.35. The van der Waals surface area contributed by atoms with Crippen LogP contribution >= 0.6 is 0 Å². The van der Waals surface area contributed by atoms with Gasteiger partial charge in [0.15, 0.2) is 9.84 Å². The highest BCUT2D eigenvalue weighted by Gasteiger charge is 2.29.